The van der Waals surface area contributed by atoms with Crippen LogP contribution < -0.4 is 62.6 Å². The van der Waals surface area contributed by atoms with Crippen molar-refractivity contribution < 1.29 is 38.2 Å². The molecule has 127 heavy (non-hydrogen) atoms. The van der Waals surface area contributed by atoms with Gasteiger partial charge in [-0.2, -0.15) is 0 Å². The number of hydrogen-bond donors (Lipinski definition) is 10. The summed E-state index contributed by atoms with van der Waals surface area (Å²) in [4.78, 5) is 106. The molecule has 6 amide bonds. The maximum Gasteiger partial charge on any atom is 0.274 e. The second-order valence-electron chi connectivity index (χ2n) is 28.4. The van der Waals surface area contributed by atoms with Crippen molar-refractivity contribution in [1.29, 1.82) is 0 Å². The van der Waals surface area contributed by atoms with Crippen molar-refractivity contribution in [3.63, 3.8) is 0 Å². The Labute approximate surface area is 748 Å². The van der Waals surface area contributed by atoms with Crippen molar-refractivity contribution in [3.05, 3.63) is 327 Å². The zero-order valence-electron chi connectivity index (χ0n) is 68.1. The summed E-state index contributed by atoms with van der Waals surface area (Å²) < 4.78 is 15.7. The van der Waals surface area contributed by atoms with Crippen molar-refractivity contribution in [2.45, 2.75) is 33.1 Å². The molecule has 1 fully saturated rings. The summed E-state index contributed by atoms with van der Waals surface area (Å²) in [6, 6.07) is 92.0. The molecule has 2 aliphatic heterocycles. The first-order valence-electron chi connectivity index (χ1n) is 40.3. The van der Waals surface area contributed by atoms with Gasteiger partial charge in [-0.3, -0.25) is 38.7 Å². The van der Waals surface area contributed by atoms with Gasteiger partial charge in [0.25, 0.3) is 17.7 Å². The summed E-state index contributed by atoms with van der Waals surface area (Å²) in [6.45, 7) is 4.86. The quantitative estimate of drug-likeness (QED) is 0.0339. The first-order valence-corrected chi connectivity index (χ1v) is 44.4. The number of hydrogen-bond acceptors (Lipinski definition) is 25. The molecule has 0 spiro atoms. The van der Waals surface area contributed by atoms with Gasteiger partial charge in [0.1, 0.15) is 33.3 Å². The molecule has 0 radical (unpaired) electrons. The SMILES string of the molecule is CC(=O)N1CCC(C(=O)Nc2cccc3sc(Nc4ccccc4)nc23)CC1.CCC(=O)Nc1cccc2sc(Nc3ccccc3)nc12.O=C(Nc1cccc2sc(Nc3ccccc3)nc12)c1ccc2c(c1)OCO2.O=C(Nc1cccc2sc(Nc3ccccc3)nc12)c1ccccn1.O=C(Nc1cccc2sc(Nc3ccccc3)nc12)c1ccncc1. The number of carbonyl (C=O) groups is 6. The Morgan fingerprint density at radius 2 is 0.701 bits per heavy atom. The summed E-state index contributed by atoms with van der Waals surface area (Å²) in [5.41, 5.74) is 13.7. The smallest absolute Gasteiger partial charge is 0.274 e. The monoisotopic (exact) mass is 1770 g/mol. The average Bonchev–Trinajstić information content (AvgIpc) is 1.69. The number of likely N-dealkylation sites (tertiary alicyclic amines) is 1. The molecular formula is C96H80N18O8S5. The topological polar surface area (TPSA) is 335 Å². The van der Waals surface area contributed by atoms with Crippen LogP contribution in [0.2, 0.25) is 0 Å². The molecule has 0 bridgehead atoms. The van der Waals surface area contributed by atoms with Gasteiger partial charge in [-0.15, -0.1) is 0 Å². The van der Waals surface area contributed by atoms with Crippen molar-refractivity contribution in [1.82, 2.24) is 39.8 Å². The molecule has 7 aromatic heterocycles. The molecule has 26 nitrogen and oxygen atoms in total. The molecule has 0 atom stereocenters. The number of pyridine rings is 2. The molecule has 18 aromatic rings. The lowest BCUT2D eigenvalue weighted by Crippen LogP contribution is -2.40. The van der Waals surface area contributed by atoms with E-state index >= 15 is 0 Å². The first-order chi connectivity index (χ1) is 62.2. The molecule has 11 aromatic carbocycles. The summed E-state index contributed by atoms with van der Waals surface area (Å²) >= 11 is 7.74. The van der Waals surface area contributed by atoms with Crippen LogP contribution in [0.25, 0.3) is 51.1 Å². The fourth-order valence-electron chi connectivity index (χ4n) is 13.3. The van der Waals surface area contributed by atoms with Gasteiger partial charge < -0.3 is 67.5 Å². The normalized spacial score (nSPS) is 11.8. The van der Waals surface area contributed by atoms with Crippen molar-refractivity contribution in [3.8, 4) is 11.5 Å². The molecule has 2 aliphatic rings. The predicted molar refractivity (Wildman–Crippen MR) is 514 cm³/mol. The van der Waals surface area contributed by atoms with Crippen LogP contribution in [-0.2, 0) is 14.4 Å². The molecule has 1 saturated heterocycles. The molecule has 0 aliphatic carbocycles. The maximum atomic E-state index is 12.7. The fourth-order valence-corrected chi connectivity index (χ4v) is 17.8. The lowest BCUT2D eigenvalue weighted by atomic mass is 9.96. The van der Waals surface area contributed by atoms with Crippen LogP contribution in [-0.4, -0.2) is 95.1 Å². The van der Waals surface area contributed by atoms with E-state index in [4.69, 9.17) is 9.47 Å². The van der Waals surface area contributed by atoms with Gasteiger partial charge in [0.05, 0.1) is 51.9 Å². The minimum absolute atomic E-state index is 0.00118. The molecule has 9 heterocycles. The van der Waals surface area contributed by atoms with E-state index in [1.807, 2.05) is 250 Å². The molecule has 20 rings (SSSR count). The number of nitrogens with one attached hydrogen (secondary N) is 10. The van der Waals surface area contributed by atoms with Gasteiger partial charge in [-0.05, 0) is 177 Å². The van der Waals surface area contributed by atoms with Crippen LogP contribution in [0.4, 0.5) is 82.5 Å². The van der Waals surface area contributed by atoms with E-state index in [-0.39, 0.29) is 48.2 Å². The molecule has 0 saturated carbocycles. The van der Waals surface area contributed by atoms with Crippen molar-refractivity contribution >= 4 is 226 Å². The van der Waals surface area contributed by atoms with E-state index in [2.05, 4.69) is 88.1 Å². The first kappa shape index (κ1) is 85.2. The van der Waals surface area contributed by atoms with Crippen molar-refractivity contribution in [2.24, 2.45) is 5.92 Å². The second kappa shape index (κ2) is 41.2. The van der Waals surface area contributed by atoms with E-state index in [0.717, 1.165) is 117 Å². The molecule has 10 N–H and O–H groups in total. The summed E-state index contributed by atoms with van der Waals surface area (Å²) in [5.74, 6) is 0.560. The minimum atomic E-state index is -0.251. The summed E-state index contributed by atoms with van der Waals surface area (Å²) in [5, 5.41) is 35.1. The van der Waals surface area contributed by atoms with Gasteiger partial charge in [0.2, 0.25) is 24.5 Å². The lowest BCUT2D eigenvalue weighted by molar-refractivity contribution is -0.132. The Bertz CT molecular complexity index is 6700. The van der Waals surface area contributed by atoms with Gasteiger partial charge >= 0.3 is 0 Å². The minimum Gasteiger partial charge on any atom is -0.454 e. The zero-order valence-corrected chi connectivity index (χ0v) is 72.2. The second-order valence-corrected chi connectivity index (χ2v) is 33.5. The van der Waals surface area contributed by atoms with E-state index in [1.165, 1.54) is 11.3 Å². The van der Waals surface area contributed by atoms with Crippen LogP contribution in [0.1, 0.15) is 64.3 Å². The van der Waals surface area contributed by atoms with Crippen LogP contribution in [0.5, 0.6) is 11.5 Å². The van der Waals surface area contributed by atoms with Gasteiger partial charge in [-0.25, -0.2) is 24.9 Å². The largest absolute Gasteiger partial charge is 0.454 e. The van der Waals surface area contributed by atoms with Crippen LogP contribution >= 0.6 is 56.7 Å². The van der Waals surface area contributed by atoms with Crippen LogP contribution in [0, 0.1) is 5.92 Å². The predicted octanol–water partition coefficient (Wildman–Crippen LogP) is 23.0. The number of ether oxygens (including phenoxy) is 2. The highest BCUT2D eigenvalue weighted by molar-refractivity contribution is 7.23. The van der Waals surface area contributed by atoms with Gasteiger partial charge in [0, 0.05) is 90.5 Å². The number of fused-ring (bicyclic) bond motifs is 6. The molecular weight excluding hydrogens is 1690 g/mol. The van der Waals surface area contributed by atoms with Crippen molar-refractivity contribution in [2.75, 3.05) is 73.1 Å². The average molecular weight is 1770 g/mol. The Balaban J connectivity index is 0.000000117. The summed E-state index contributed by atoms with van der Waals surface area (Å²) in [7, 11) is 0. The number of anilines is 15. The highest BCUT2D eigenvalue weighted by Gasteiger charge is 2.28. The number of aromatic nitrogens is 7. The molecule has 632 valence electrons. The fraction of sp³-hybridized carbons (Fsp3) is 0.0938. The number of carbonyl (C=O) groups excluding carboxylic acids is 6. The number of amides is 6. The number of benzene rings is 11. The van der Waals surface area contributed by atoms with E-state index in [0.29, 0.717) is 77.7 Å². The van der Waals surface area contributed by atoms with E-state index < -0.39 is 0 Å². The van der Waals surface area contributed by atoms with Crippen LogP contribution in [0.15, 0.2) is 310 Å². The summed E-state index contributed by atoms with van der Waals surface area (Å²) in [6.07, 6.45) is 6.63. The maximum absolute atomic E-state index is 12.7. The standard InChI is InChI=1S/C21H22N4O2S.C21H15N3O3S.2C19H14N4OS.C16H15N3OS/c1-14(26)25-12-10-15(11-13-25)20(27)23-17-8-5-9-18-19(17)24-21(28-18)22-16-6-3-2-4-7-16;25-20(13-9-10-16-17(11-13)27-12-26-16)23-15-7-4-8-18-19(15)24-21(28-18)22-14-5-2-1-3-6-14;24-18(15-9-4-5-12-20-15)22-14-10-6-11-16-17(14)23-19(25-16)21-13-7-2-1-3-8-13;24-18(13-9-11-20-12-10-13)22-15-7-4-8-16-17(15)23-19(25-16)21-14-5-2-1-3-6-14;1-2-14(20)18-12-9-6-10-13-15(12)19-16(21-13)17-11-7-4-3-5-8-11/h2-9,15H,10-13H2,1H3,(H,22,24)(H,23,27);1-11H,12H2,(H,22,24)(H,23,25);2*1-12H,(H,21,23)(H,22,24);3-10H,2H2,1H3,(H,17,19)(H,18,20). The van der Waals surface area contributed by atoms with E-state index in [9.17, 15) is 28.8 Å². The number of para-hydroxylation sites is 10. The Kier molecular flexibility index (Phi) is 27.6. The molecule has 0 unspecified atom stereocenters. The third-order valence-electron chi connectivity index (χ3n) is 19.6. The van der Waals surface area contributed by atoms with Gasteiger partial charge in [-0.1, -0.05) is 191 Å². The number of rotatable bonds is 20. The Morgan fingerprint density at radius 3 is 1.06 bits per heavy atom. The zero-order chi connectivity index (χ0) is 87.2. The Morgan fingerprint density at radius 1 is 0.354 bits per heavy atom. The third-order valence-corrected chi connectivity index (χ3v) is 24.3. The van der Waals surface area contributed by atoms with Crippen LogP contribution in [0.3, 0.4) is 0 Å². The van der Waals surface area contributed by atoms with Gasteiger partial charge in [0.15, 0.2) is 37.2 Å². The number of piperidine rings is 1. The number of thiazole rings is 5. The van der Waals surface area contributed by atoms with E-state index in [1.54, 1.807) is 124 Å². The number of nitrogens with zero attached hydrogens (tertiary/aromatic N) is 8. The third kappa shape index (κ3) is 22.3. The highest BCUT2D eigenvalue weighted by atomic mass is 32.1. The molecule has 31 heteroatoms. The Hall–Kier alpha value is -15.4. The highest BCUT2D eigenvalue weighted by Crippen LogP contribution is 2.40. The lowest BCUT2D eigenvalue weighted by Gasteiger charge is -2.30.